The summed E-state index contributed by atoms with van der Waals surface area (Å²) >= 11 is 0. The molecular formula is C20H32IN5O. The first kappa shape index (κ1) is 23.3. The molecule has 0 radical (unpaired) electrons. The van der Waals surface area contributed by atoms with Gasteiger partial charge in [0.25, 0.3) is 0 Å². The summed E-state index contributed by atoms with van der Waals surface area (Å²) in [5, 5.41) is 3.44. The maximum absolute atomic E-state index is 5.49. The Labute approximate surface area is 180 Å². The van der Waals surface area contributed by atoms with Crippen molar-refractivity contribution in [3.8, 4) is 5.75 Å². The normalized spacial score (nSPS) is 11.0. The highest BCUT2D eigenvalue weighted by Crippen LogP contribution is 2.13. The summed E-state index contributed by atoms with van der Waals surface area (Å²) in [4.78, 5) is 10.8. The standard InChI is InChI=1S/C20H31N5O.HI/c1-5-26-19-10-8-18(9-11-19)16-24(4)20(21-3)23-12-6-7-14-25-15-13-22-17(25)2;/h8-11,13,15H,5-7,12,14,16H2,1-4H3,(H,21,23);1H. The van der Waals surface area contributed by atoms with Gasteiger partial charge in [0.15, 0.2) is 5.96 Å². The molecule has 0 saturated heterocycles. The summed E-state index contributed by atoms with van der Waals surface area (Å²) in [5.41, 5.74) is 1.23. The molecule has 0 saturated carbocycles. The minimum absolute atomic E-state index is 0. The van der Waals surface area contributed by atoms with Crippen LogP contribution in [-0.2, 0) is 13.1 Å². The minimum atomic E-state index is 0. The second kappa shape index (κ2) is 12.6. The fourth-order valence-electron chi connectivity index (χ4n) is 2.84. The number of aromatic nitrogens is 2. The van der Waals surface area contributed by atoms with Crippen LogP contribution in [0.1, 0.15) is 31.2 Å². The Bertz CT molecular complexity index is 684. The number of rotatable bonds is 9. The first-order valence-corrected chi connectivity index (χ1v) is 9.25. The Kier molecular flexibility index (Phi) is 10.8. The van der Waals surface area contributed by atoms with Crippen LogP contribution < -0.4 is 10.1 Å². The topological polar surface area (TPSA) is 54.7 Å². The molecule has 0 amide bonds. The van der Waals surface area contributed by atoms with Crippen LogP contribution in [0.3, 0.4) is 0 Å². The Morgan fingerprint density at radius 2 is 2.00 bits per heavy atom. The van der Waals surface area contributed by atoms with Gasteiger partial charge in [-0.2, -0.15) is 0 Å². The Hall–Kier alpha value is -1.77. The quantitative estimate of drug-likeness (QED) is 0.255. The predicted molar refractivity (Wildman–Crippen MR) is 122 cm³/mol. The molecule has 0 aliphatic rings. The summed E-state index contributed by atoms with van der Waals surface area (Å²) in [5.74, 6) is 2.90. The van der Waals surface area contributed by atoms with E-state index in [0.29, 0.717) is 6.61 Å². The van der Waals surface area contributed by atoms with E-state index in [2.05, 4.69) is 43.9 Å². The van der Waals surface area contributed by atoms with Crippen molar-refractivity contribution in [2.24, 2.45) is 4.99 Å². The first-order valence-electron chi connectivity index (χ1n) is 9.25. The van der Waals surface area contributed by atoms with Gasteiger partial charge in [-0.15, -0.1) is 24.0 Å². The van der Waals surface area contributed by atoms with Crippen LogP contribution in [-0.4, -0.2) is 47.7 Å². The minimum Gasteiger partial charge on any atom is -0.494 e. The van der Waals surface area contributed by atoms with E-state index in [-0.39, 0.29) is 24.0 Å². The van der Waals surface area contributed by atoms with Gasteiger partial charge in [-0.05, 0) is 44.4 Å². The second-order valence-electron chi connectivity index (χ2n) is 6.28. The molecule has 0 aliphatic carbocycles. The number of guanidine groups is 1. The van der Waals surface area contributed by atoms with Crippen LogP contribution in [0.5, 0.6) is 5.75 Å². The Morgan fingerprint density at radius 3 is 2.59 bits per heavy atom. The van der Waals surface area contributed by atoms with Gasteiger partial charge in [-0.25, -0.2) is 4.98 Å². The van der Waals surface area contributed by atoms with Crippen molar-refractivity contribution >= 4 is 29.9 Å². The molecule has 150 valence electrons. The third-order valence-electron chi connectivity index (χ3n) is 4.26. The van der Waals surface area contributed by atoms with Crippen LogP contribution in [0.15, 0.2) is 41.7 Å². The van der Waals surface area contributed by atoms with E-state index in [0.717, 1.165) is 50.0 Å². The first-order chi connectivity index (χ1) is 12.6. The van der Waals surface area contributed by atoms with Gasteiger partial charge in [0.05, 0.1) is 6.61 Å². The van der Waals surface area contributed by atoms with Crippen LogP contribution in [0.4, 0.5) is 0 Å². The number of unbranched alkanes of at least 4 members (excludes halogenated alkanes) is 1. The largest absolute Gasteiger partial charge is 0.494 e. The monoisotopic (exact) mass is 485 g/mol. The van der Waals surface area contributed by atoms with Gasteiger partial charge < -0.3 is 19.5 Å². The number of benzene rings is 1. The van der Waals surface area contributed by atoms with Crippen molar-refractivity contribution in [2.45, 2.75) is 39.8 Å². The summed E-state index contributed by atoms with van der Waals surface area (Å²) in [6.45, 7) is 7.45. The molecule has 0 atom stereocenters. The molecule has 2 rings (SSSR count). The summed E-state index contributed by atoms with van der Waals surface area (Å²) in [6.07, 6.45) is 6.09. The molecule has 1 N–H and O–H groups in total. The molecule has 0 aliphatic heterocycles. The molecule has 0 unspecified atom stereocenters. The maximum atomic E-state index is 5.49. The lowest BCUT2D eigenvalue weighted by Gasteiger charge is -2.22. The van der Waals surface area contributed by atoms with Crippen molar-refractivity contribution < 1.29 is 4.74 Å². The number of aryl methyl sites for hydroxylation is 2. The molecule has 27 heavy (non-hydrogen) atoms. The molecule has 7 heteroatoms. The van der Waals surface area contributed by atoms with E-state index in [4.69, 9.17) is 4.74 Å². The molecule has 0 bridgehead atoms. The fraction of sp³-hybridized carbons (Fsp3) is 0.500. The van der Waals surface area contributed by atoms with E-state index < -0.39 is 0 Å². The molecule has 1 heterocycles. The zero-order chi connectivity index (χ0) is 18.8. The summed E-state index contributed by atoms with van der Waals surface area (Å²) in [7, 11) is 3.88. The van der Waals surface area contributed by atoms with Crippen LogP contribution in [0, 0.1) is 6.92 Å². The predicted octanol–water partition coefficient (Wildman–Crippen LogP) is 3.70. The summed E-state index contributed by atoms with van der Waals surface area (Å²) in [6, 6.07) is 8.23. The average molecular weight is 485 g/mol. The highest BCUT2D eigenvalue weighted by Gasteiger charge is 2.06. The van der Waals surface area contributed by atoms with E-state index in [1.165, 1.54) is 5.56 Å². The van der Waals surface area contributed by atoms with Crippen molar-refractivity contribution in [1.82, 2.24) is 19.8 Å². The number of halogens is 1. The van der Waals surface area contributed by atoms with Crippen LogP contribution in [0.2, 0.25) is 0 Å². The number of nitrogens with one attached hydrogen (secondary N) is 1. The van der Waals surface area contributed by atoms with E-state index in [1.807, 2.05) is 45.4 Å². The average Bonchev–Trinajstić information content (AvgIpc) is 3.05. The maximum Gasteiger partial charge on any atom is 0.193 e. The molecule has 6 nitrogen and oxygen atoms in total. The van der Waals surface area contributed by atoms with Gasteiger partial charge in [0, 0.05) is 46.1 Å². The van der Waals surface area contributed by atoms with Crippen LogP contribution in [0.25, 0.3) is 0 Å². The highest BCUT2D eigenvalue weighted by atomic mass is 127. The zero-order valence-electron chi connectivity index (χ0n) is 16.8. The van der Waals surface area contributed by atoms with Crippen molar-refractivity contribution in [2.75, 3.05) is 27.2 Å². The summed E-state index contributed by atoms with van der Waals surface area (Å²) < 4.78 is 7.68. The lowest BCUT2D eigenvalue weighted by Crippen LogP contribution is -2.38. The van der Waals surface area contributed by atoms with E-state index in [9.17, 15) is 0 Å². The molecular weight excluding hydrogens is 453 g/mol. The zero-order valence-corrected chi connectivity index (χ0v) is 19.1. The number of hydrogen-bond acceptors (Lipinski definition) is 3. The van der Waals surface area contributed by atoms with E-state index >= 15 is 0 Å². The molecule has 2 aromatic rings. The molecule has 0 fully saturated rings. The number of ether oxygens (including phenoxy) is 1. The second-order valence-corrected chi connectivity index (χ2v) is 6.28. The number of nitrogens with zero attached hydrogens (tertiary/aromatic N) is 4. The van der Waals surface area contributed by atoms with Crippen molar-refractivity contribution in [3.05, 3.63) is 48.0 Å². The van der Waals surface area contributed by atoms with Gasteiger partial charge in [0.1, 0.15) is 11.6 Å². The van der Waals surface area contributed by atoms with E-state index in [1.54, 1.807) is 0 Å². The van der Waals surface area contributed by atoms with Crippen molar-refractivity contribution in [1.29, 1.82) is 0 Å². The van der Waals surface area contributed by atoms with Gasteiger partial charge in [-0.1, -0.05) is 12.1 Å². The SMILES string of the molecule is CCOc1ccc(CN(C)C(=NC)NCCCCn2ccnc2C)cc1.I. The number of aliphatic imine (C=N–C) groups is 1. The molecule has 1 aromatic carbocycles. The Balaban J connectivity index is 0.00000364. The third-order valence-corrected chi connectivity index (χ3v) is 4.26. The Morgan fingerprint density at radius 1 is 1.26 bits per heavy atom. The number of hydrogen-bond donors (Lipinski definition) is 1. The molecule has 1 aromatic heterocycles. The van der Waals surface area contributed by atoms with Crippen molar-refractivity contribution in [3.63, 3.8) is 0 Å². The van der Waals surface area contributed by atoms with Gasteiger partial charge in [0.2, 0.25) is 0 Å². The van der Waals surface area contributed by atoms with Crippen LogP contribution >= 0.6 is 24.0 Å². The smallest absolute Gasteiger partial charge is 0.193 e. The highest BCUT2D eigenvalue weighted by molar-refractivity contribution is 14.0. The lowest BCUT2D eigenvalue weighted by atomic mass is 10.2. The molecule has 0 spiro atoms. The third kappa shape index (κ3) is 7.78. The van der Waals surface area contributed by atoms with Gasteiger partial charge >= 0.3 is 0 Å². The van der Waals surface area contributed by atoms with Gasteiger partial charge in [-0.3, -0.25) is 4.99 Å². The number of imidazole rings is 1. The lowest BCUT2D eigenvalue weighted by molar-refractivity contribution is 0.340. The fourth-order valence-corrected chi connectivity index (χ4v) is 2.84.